The summed E-state index contributed by atoms with van der Waals surface area (Å²) in [5.74, 6) is -1.11. The number of halogens is 1. The molecule has 0 fully saturated rings. The normalized spacial score (nSPS) is 11.9. The summed E-state index contributed by atoms with van der Waals surface area (Å²) in [5.41, 5.74) is 0.703. The second kappa shape index (κ2) is 6.04. The second-order valence-electron chi connectivity index (χ2n) is 3.86. The van der Waals surface area contributed by atoms with Gasteiger partial charge < -0.3 is 5.11 Å². The molecular formula is C13H10ClNO4S. The number of anilines is 2. The van der Waals surface area contributed by atoms with E-state index in [4.69, 9.17) is 16.7 Å². The molecule has 2 N–H and O–H groups in total. The highest BCUT2D eigenvalue weighted by atomic mass is 35.5. The SMILES string of the molecule is O=C(O)c1cccc(N(c2cccc(Cl)c2)S(=O)O)c1. The predicted octanol–water partition coefficient (Wildman–Crippen LogP) is 3.31. The maximum absolute atomic E-state index is 11.5. The molecule has 2 aromatic rings. The molecule has 2 aromatic carbocycles. The van der Waals surface area contributed by atoms with Crippen LogP contribution < -0.4 is 4.31 Å². The third kappa shape index (κ3) is 3.16. The van der Waals surface area contributed by atoms with Crippen LogP contribution in [0.5, 0.6) is 0 Å². The molecule has 1 unspecified atom stereocenters. The van der Waals surface area contributed by atoms with E-state index in [1.54, 1.807) is 24.3 Å². The maximum atomic E-state index is 11.5. The van der Waals surface area contributed by atoms with E-state index in [9.17, 15) is 13.6 Å². The molecule has 20 heavy (non-hydrogen) atoms. The van der Waals surface area contributed by atoms with Gasteiger partial charge in [0.1, 0.15) is 0 Å². The maximum Gasteiger partial charge on any atom is 0.335 e. The zero-order valence-corrected chi connectivity index (χ0v) is 11.6. The fourth-order valence-electron chi connectivity index (χ4n) is 1.70. The van der Waals surface area contributed by atoms with Gasteiger partial charge in [-0.05, 0) is 36.4 Å². The molecule has 0 aliphatic carbocycles. The van der Waals surface area contributed by atoms with Gasteiger partial charge in [0, 0.05) is 5.02 Å². The number of hydrogen-bond donors (Lipinski definition) is 2. The van der Waals surface area contributed by atoms with E-state index < -0.39 is 17.2 Å². The van der Waals surface area contributed by atoms with Crippen LogP contribution in [0.1, 0.15) is 10.4 Å². The molecule has 0 heterocycles. The zero-order chi connectivity index (χ0) is 14.7. The number of benzene rings is 2. The summed E-state index contributed by atoms with van der Waals surface area (Å²) in [6.07, 6.45) is 0. The van der Waals surface area contributed by atoms with E-state index in [1.165, 1.54) is 24.3 Å². The number of carboxylic acids is 1. The van der Waals surface area contributed by atoms with Crippen LogP contribution in [0, 0.1) is 0 Å². The van der Waals surface area contributed by atoms with E-state index in [1.807, 2.05) is 0 Å². The first-order valence-corrected chi connectivity index (χ1v) is 6.93. The van der Waals surface area contributed by atoms with Crippen molar-refractivity contribution in [2.45, 2.75) is 0 Å². The molecule has 1 atom stereocenters. The standard InChI is InChI=1S/C13H10ClNO4S/c14-10-4-2-6-12(8-10)15(20(18)19)11-5-1-3-9(7-11)13(16)17/h1-8H,(H,16,17)(H,18,19). The van der Waals surface area contributed by atoms with Gasteiger partial charge in [0.05, 0.1) is 16.9 Å². The Kier molecular flexibility index (Phi) is 4.39. The van der Waals surface area contributed by atoms with Gasteiger partial charge in [-0.1, -0.05) is 23.7 Å². The van der Waals surface area contributed by atoms with Gasteiger partial charge in [-0.3, -0.25) is 4.55 Å². The van der Waals surface area contributed by atoms with E-state index in [0.717, 1.165) is 4.31 Å². The van der Waals surface area contributed by atoms with Gasteiger partial charge in [-0.25, -0.2) is 13.3 Å². The first-order valence-electron chi connectivity index (χ1n) is 5.49. The van der Waals surface area contributed by atoms with Crippen molar-refractivity contribution in [3.63, 3.8) is 0 Å². The van der Waals surface area contributed by atoms with E-state index in [-0.39, 0.29) is 11.3 Å². The highest BCUT2D eigenvalue weighted by Gasteiger charge is 2.16. The van der Waals surface area contributed by atoms with Gasteiger partial charge in [0.25, 0.3) is 11.3 Å². The van der Waals surface area contributed by atoms with Gasteiger partial charge in [0.15, 0.2) is 0 Å². The minimum atomic E-state index is -2.35. The summed E-state index contributed by atoms with van der Waals surface area (Å²) in [6, 6.07) is 12.2. The van der Waals surface area contributed by atoms with E-state index in [0.29, 0.717) is 10.7 Å². The molecule has 0 spiro atoms. The van der Waals surface area contributed by atoms with Gasteiger partial charge in [-0.2, -0.15) is 0 Å². The van der Waals surface area contributed by atoms with Crippen LogP contribution in [-0.2, 0) is 11.3 Å². The molecule has 0 bridgehead atoms. The number of carboxylic acid groups (broad SMARTS) is 1. The van der Waals surface area contributed by atoms with E-state index >= 15 is 0 Å². The number of carbonyl (C=O) groups is 1. The smallest absolute Gasteiger partial charge is 0.335 e. The van der Waals surface area contributed by atoms with Gasteiger partial charge in [0.2, 0.25) is 0 Å². The fraction of sp³-hybridized carbons (Fsp3) is 0. The molecule has 104 valence electrons. The van der Waals surface area contributed by atoms with Crippen LogP contribution in [0.25, 0.3) is 0 Å². The van der Waals surface area contributed by atoms with Crippen molar-refractivity contribution in [1.82, 2.24) is 0 Å². The lowest BCUT2D eigenvalue weighted by molar-refractivity contribution is 0.0697. The van der Waals surface area contributed by atoms with Gasteiger partial charge >= 0.3 is 5.97 Å². The Morgan fingerprint density at radius 2 is 1.70 bits per heavy atom. The molecule has 0 amide bonds. The van der Waals surface area contributed by atoms with Crippen LogP contribution in [0.4, 0.5) is 11.4 Å². The topological polar surface area (TPSA) is 77.8 Å². The highest BCUT2D eigenvalue weighted by Crippen LogP contribution is 2.29. The third-order valence-corrected chi connectivity index (χ3v) is 3.50. The Morgan fingerprint density at radius 1 is 1.10 bits per heavy atom. The molecule has 0 aliphatic heterocycles. The summed E-state index contributed by atoms with van der Waals surface area (Å²) in [5, 5.41) is 9.38. The van der Waals surface area contributed by atoms with E-state index in [2.05, 4.69) is 0 Å². The Balaban J connectivity index is 2.52. The van der Waals surface area contributed by atoms with Crippen LogP contribution in [0.3, 0.4) is 0 Å². The molecule has 0 aromatic heterocycles. The first kappa shape index (κ1) is 14.5. The summed E-state index contributed by atoms with van der Waals surface area (Å²) in [7, 11) is 0. The fourth-order valence-corrected chi connectivity index (χ4v) is 2.47. The quantitative estimate of drug-likeness (QED) is 0.849. The lowest BCUT2D eigenvalue weighted by atomic mass is 10.2. The minimum Gasteiger partial charge on any atom is -0.478 e. The Bertz CT molecular complexity index is 677. The average Bonchev–Trinajstić information content (AvgIpc) is 2.39. The second-order valence-corrected chi connectivity index (χ2v) is 5.12. The molecule has 5 nitrogen and oxygen atoms in total. The molecule has 2 rings (SSSR count). The molecule has 7 heteroatoms. The monoisotopic (exact) mass is 311 g/mol. The van der Waals surface area contributed by atoms with Crippen molar-refractivity contribution in [2.24, 2.45) is 0 Å². The molecule has 0 aliphatic rings. The number of hydrogen-bond acceptors (Lipinski definition) is 2. The van der Waals surface area contributed by atoms with Crippen molar-refractivity contribution in [1.29, 1.82) is 0 Å². The summed E-state index contributed by atoms with van der Waals surface area (Å²) >= 11 is 3.51. The van der Waals surface area contributed by atoms with Crippen LogP contribution in [0.15, 0.2) is 48.5 Å². The molecule has 0 radical (unpaired) electrons. The third-order valence-electron chi connectivity index (χ3n) is 2.53. The first-order chi connectivity index (χ1) is 9.49. The summed E-state index contributed by atoms with van der Waals surface area (Å²) in [6.45, 7) is 0. The minimum absolute atomic E-state index is 0.0278. The van der Waals surface area contributed by atoms with Crippen molar-refractivity contribution < 1.29 is 18.7 Å². The number of rotatable bonds is 4. The Morgan fingerprint density at radius 3 is 2.25 bits per heavy atom. The van der Waals surface area contributed by atoms with Crippen molar-refractivity contribution >= 4 is 40.2 Å². The number of nitrogens with zero attached hydrogens (tertiary/aromatic N) is 1. The predicted molar refractivity (Wildman–Crippen MR) is 77.8 cm³/mol. The highest BCUT2D eigenvalue weighted by molar-refractivity contribution is 7.81. The van der Waals surface area contributed by atoms with Crippen LogP contribution >= 0.6 is 11.6 Å². The van der Waals surface area contributed by atoms with Crippen molar-refractivity contribution in [2.75, 3.05) is 4.31 Å². The van der Waals surface area contributed by atoms with Crippen LogP contribution in [0.2, 0.25) is 5.02 Å². The number of aromatic carboxylic acids is 1. The lowest BCUT2D eigenvalue weighted by Crippen LogP contribution is -2.19. The van der Waals surface area contributed by atoms with Crippen LogP contribution in [-0.4, -0.2) is 19.8 Å². The lowest BCUT2D eigenvalue weighted by Gasteiger charge is -2.20. The zero-order valence-electron chi connectivity index (χ0n) is 10.1. The molecule has 0 saturated carbocycles. The summed E-state index contributed by atoms with van der Waals surface area (Å²) < 4.78 is 22.1. The molecular weight excluding hydrogens is 302 g/mol. The Hall–Kier alpha value is -1.89. The van der Waals surface area contributed by atoms with Crippen molar-refractivity contribution in [3.8, 4) is 0 Å². The Labute approximate surface area is 122 Å². The summed E-state index contributed by atoms with van der Waals surface area (Å²) in [4.78, 5) is 11.0. The largest absolute Gasteiger partial charge is 0.478 e. The van der Waals surface area contributed by atoms with Crippen molar-refractivity contribution in [3.05, 3.63) is 59.1 Å². The molecule has 0 saturated heterocycles. The average molecular weight is 312 g/mol. The van der Waals surface area contributed by atoms with Gasteiger partial charge in [-0.15, -0.1) is 0 Å².